The molecular formula is C10H9ClF3N3O. The molecule has 0 aliphatic carbocycles. The van der Waals surface area contributed by atoms with Crippen LogP contribution >= 0.6 is 11.6 Å². The molecule has 1 aromatic heterocycles. The van der Waals surface area contributed by atoms with Gasteiger partial charge in [0.1, 0.15) is 6.61 Å². The van der Waals surface area contributed by atoms with Crippen LogP contribution in [0, 0.1) is 0 Å². The predicted octanol–water partition coefficient (Wildman–Crippen LogP) is 2.39. The Balaban J connectivity index is 2.13. The molecule has 0 fully saturated rings. The molecule has 2 heterocycles. The maximum atomic E-state index is 12.1. The van der Waals surface area contributed by atoms with Gasteiger partial charge in [-0.3, -0.25) is 0 Å². The van der Waals surface area contributed by atoms with Crippen LogP contribution in [0.4, 0.5) is 19.0 Å². The van der Waals surface area contributed by atoms with Crippen LogP contribution in [0.15, 0.2) is 36.7 Å². The van der Waals surface area contributed by atoms with Crippen LogP contribution < -0.4 is 10.4 Å². The molecule has 0 saturated heterocycles. The van der Waals surface area contributed by atoms with Crippen LogP contribution in [0.1, 0.15) is 0 Å². The molecule has 0 saturated carbocycles. The molecule has 0 radical (unpaired) electrons. The number of anilines is 1. The molecule has 18 heavy (non-hydrogen) atoms. The van der Waals surface area contributed by atoms with E-state index in [9.17, 15) is 13.2 Å². The Hall–Kier alpha value is -1.47. The SMILES string of the molecule is FC(F)(F)COC1(Cl)C=CNN1c1ccccn1. The second-order valence-corrected chi connectivity index (χ2v) is 4.04. The number of nitrogens with zero attached hydrogens (tertiary/aromatic N) is 2. The van der Waals surface area contributed by atoms with Crippen molar-refractivity contribution in [2.75, 3.05) is 11.6 Å². The zero-order valence-electron chi connectivity index (χ0n) is 8.99. The molecule has 1 aliphatic heterocycles. The number of pyridine rings is 1. The first kappa shape index (κ1) is 13.0. The van der Waals surface area contributed by atoms with Gasteiger partial charge < -0.3 is 10.2 Å². The third kappa shape index (κ3) is 2.85. The number of alkyl halides is 4. The van der Waals surface area contributed by atoms with E-state index in [0.717, 1.165) is 0 Å². The minimum Gasteiger partial charge on any atom is -0.328 e. The number of hydrogen-bond donors (Lipinski definition) is 1. The van der Waals surface area contributed by atoms with Gasteiger partial charge in [-0.25, -0.2) is 9.99 Å². The molecule has 1 aromatic rings. The third-order valence-corrected chi connectivity index (χ3v) is 2.52. The van der Waals surface area contributed by atoms with Crippen LogP contribution in [-0.2, 0) is 4.74 Å². The molecule has 4 nitrogen and oxygen atoms in total. The first-order valence-corrected chi connectivity index (χ1v) is 5.33. The number of halogens is 4. The number of aromatic nitrogens is 1. The Kier molecular flexibility index (Phi) is 3.36. The molecule has 1 unspecified atom stereocenters. The van der Waals surface area contributed by atoms with Crippen molar-refractivity contribution in [3.05, 3.63) is 36.7 Å². The lowest BCUT2D eigenvalue weighted by molar-refractivity contribution is -0.185. The number of hydrazine groups is 1. The monoisotopic (exact) mass is 279 g/mol. The predicted molar refractivity (Wildman–Crippen MR) is 59.6 cm³/mol. The lowest BCUT2D eigenvalue weighted by Crippen LogP contribution is -2.48. The number of ether oxygens (including phenoxy) is 1. The minimum absolute atomic E-state index is 0.347. The summed E-state index contributed by atoms with van der Waals surface area (Å²) in [5.41, 5.74) is 2.67. The first-order chi connectivity index (χ1) is 8.41. The van der Waals surface area contributed by atoms with E-state index in [1.165, 1.54) is 23.5 Å². The topological polar surface area (TPSA) is 37.4 Å². The highest BCUT2D eigenvalue weighted by molar-refractivity contribution is 6.25. The maximum absolute atomic E-state index is 12.1. The van der Waals surface area contributed by atoms with Gasteiger partial charge in [0.15, 0.2) is 5.82 Å². The highest BCUT2D eigenvalue weighted by Gasteiger charge is 2.41. The van der Waals surface area contributed by atoms with Gasteiger partial charge in [0.25, 0.3) is 5.18 Å². The van der Waals surface area contributed by atoms with Gasteiger partial charge in [-0.15, -0.1) is 0 Å². The van der Waals surface area contributed by atoms with Gasteiger partial charge in [0.05, 0.1) is 0 Å². The van der Waals surface area contributed by atoms with Crippen molar-refractivity contribution in [3.63, 3.8) is 0 Å². The molecule has 0 spiro atoms. The fraction of sp³-hybridized carbons (Fsp3) is 0.300. The summed E-state index contributed by atoms with van der Waals surface area (Å²) < 4.78 is 41.1. The molecule has 0 aromatic carbocycles. The first-order valence-electron chi connectivity index (χ1n) is 4.95. The molecule has 2 rings (SSSR count). The summed E-state index contributed by atoms with van der Waals surface area (Å²) in [4.78, 5) is 3.98. The summed E-state index contributed by atoms with van der Waals surface area (Å²) in [5, 5.41) is -0.551. The molecule has 8 heteroatoms. The normalized spacial score (nSPS) is 23.2. The Bertz CT molecular complexity index is 440. The maximum Gasteiger partial charge on any atom is 0.411 e. The Morgan fingerprint density at radius 3 is 2.83 bits per heavy atom. The van der Waals surface area contributed by atoms with E-state index in [-0.39, 0.29) is 0 Å². The lowest BCUT2D eigenvalue weighted by atomic mass is 10.4. The average Bonchev–Trinajstić information content (AvgIpc) is 2.70. The zero-order valence-corrected chi connectivity index (χ0v) is 9.74. The van der Waals surface area contributed by atoms with Crippen molar-refractivity contribution in [3.8, 4) is 0 Å². The highest BCUT2D eigenvalue weighted by atomic mass is 35.5. The van der Waals surface area contributed by atoms with Crippen molar-refractivity contribution in [2.45, 2.75) is 11.4 Å². The lowest BCUT2D eigenvalue weighted by Gasteiger charge is -2.32. The van der Waals surface area contributed by atoms with Crippen LogP contribution in [0.5, 0.6) is 0 Å². The molecule has 0 amide bonds. The fourth-order valence-electron chi connectivity index (χ4n) is 1.38. The summed E-state index contributed by atoms with van der Waals surface area (Å²) in [5.74, 6) is 0.347. The minimum atomic E-state index is -4.45. The van der Waals surface area contributed by atoms with Crippen molar-refractivity contribution in [1.29, 1.82) is 0 Å². The molecule has 98 valence electrons. The molecule has 1 atom stereocenters. The summed E-state index contributed by atoms with van der Waals surface area (Å²) in [6.07, 6.45) is -0.294. The van der Waals surface area contributed by atoms with E-state index < -0.39 is 18.0 Å². The average molecular weight is 280 g/mol. The van der Waals surface area contributed by atoms with Gasteiger partial charge in [0, 0.05) is 18.5 Å². The summed E-state index contributed by atoms with van der Waals surface area (Å²) in [6.45, 7) is -1.45. The third-order valence-electron chi connectivity index (χ3n) is 2.11. The molecular weight excluding hydrogens is 271 g/mol. The van der Waals surface area contributed by atoms with Crippen molar-refractivity contribution < 1.29 is 17.9 Å². The van der Waals surface area contributed by atoms with Gasteiger partial charge in [0.2, 0.25) is 0 Å². The highest BCUT2D eigenvalue weighted by Crippen LogP contribution is 2.32. The van der Waals surface area contributed by atoms with Crippen molar-refractivity contribution >= 4 is 17.4 Å². The smallest absolute Gasteiger partial charge is 0.328 e. The fourth-order valence-corrected chi connectivity index (χ4v) is 1.63. The zero-order chi connectivity index (χ0) is 13.2. The van der Waals surface area contributed by atoms with Crippen molar-refractivity contribution in [2.24, 2.45) is 0 Å². The van der Waals surface area contributed by atoms with Gasteiger partial charge >= 0.3 is 6.18 Å². The van der Waals surface area contributed by atoms with Gasteiger partial charge in [-0.1, -0.05) is 17.7 Å². The largest absolute Gasteiger partial charge is 0.411 e. The van der Waals surface area contributed by atoms with E-state index in [2.05, 4.69) is 10.4 Å². The molecule has 1 N–H and O–H groups in total. The van der Waals surface area contributed by atoms with Crippen molar-refractivity contribution in [1.82, 2.24) is 10.4 Å². The summed E-state index contributed by atoms with van der Waals surface area (Å²) in [7, 11) is 0. The molecule has 0 bridgehead atoms. The number of nitrogens with one attached hydrogen (secondary N) is 1. The van der Waals surface area contributed by atoms with E-state index in [1.54, 1.807) is 18.2 Å². The Labute approximate surface area is 106 Å². The van der Waals surface area contributed by atoms with E-state index in [1.807, 2.05) is 0 Å². The van der Waals surface area contributed by atoms with Crippen LogP contribution in [-0.4, -0.2) is 23.0 Å². The number of hydrogen-bond acceptors (Lipinski definition) is 4. The van der Waals surface area contributed by atoms with Crippen LogP contribution in [0.25, 0.3) is 0 Å². The summed E-state index contributed by atoms with van der Waals surface area (Å²) >= 11 is 5.99. The molecule has 1 aliphatic rings. The second-order valence-electron chi connectivity index (χ2n) is 3.50. The van der Waals surface area contributed by atoms with E-state index in [0.29, 0.717) is 5.82 Å². The van der Waals surface area contributed by atoms with Gasteiger partial charge in [-0.2, -0.15) is 13.2 Å². The Morgan fingerprint density at radius 2 is 2.22 bits per heavy atom. The number of rotatable bonds is 3. The van der Waals surface area contributed by atoms with E-state index >= 15 is 0 Å². The van der Waals surface area contributed by atoms with Gasteiger partial charge in [-0.05, 0) is 12.1 Å². The Morgan fingerprint density at radius 1 is 1.44 bits per heavy atom. The van der Waals surface area contributed by atoms with Crippen LogP contribution in [0.2, 0.25) is 0 Å². The van der Waals surface area contributed by atoms with E-state index in [4.69, 9.17) is 16.3 Å². The summed E-state index contributed by atoms with van der Waals surface area (Å²) in [6, 6.07) is 4.96. The quantitative estimate of drug-likeness (QED) is 0.681. The second kappa shape index (κ2) is 4.66. The standard InChI is InChI=1S/C10H9ClF3N3O/c11-9(18-7-10(12,13)14)4-6-16-17(9)8-3-1-2-5-15-8/h1-6,16H,7H2. The van der Waals surface area contributed by atoms with Crippen LogP contribution in [0.3, 0.4) is 0 Å².